The Morgan fingerprint density at radius 2 is 2.08 bits per heavy atom. The normalized spacial score (nSPS) is 26.5. The third-order valence-corrected chi connectivity index (χ3v) is 5.16. The molecule has 1 unspecified atom stereocenters. The van der Waals surface area contributed by atoms with Crippen molar-refractivity contribution >= 4 is 18.3 Å². The van der Waals surface area contributed by atoms with Gasteiger partial charge in [0.1, 0.15) is 6.10 Å². The van der Waals surface area contributed by atoms with Crippen LogP contribution in [0, 0.1) is 5.92 Å². The van der Waals surface area contributed by atoms with E-state index >= 15 is 0 Å². The number of alkyl halides is 3. The van der Waals surface area contributed by atoms with Gasteiger partial charge in [-0.15, -0.1) is 12.4 Å². The Kier molecular flexibility index (Phi) is 6.93. The van der Waals surface area contributed by atoms with Crippen LogP contribution in [-0.4, -0.2) is 36.5 Å². The van der Waals surface area contributed by atoms with Gasteiger partial charge < -0.3 is 15.4 Å². The predicted octanol–water partition coefficient (Wildman–Crippen LogP) is 3.54. The van der Waals surface area contributed by atoms with Gasteiger partial charge >= 0.3 is 6.18 Å². The Labute approximate surface area is 157 Å². The minimum Gasteiger partial charge on any atom is -0.370 e. The first-order valence-corrected chi connectivity index (χ1v) is 8.66. The molecule has 1 heterocycles. The molecule has 0 bridgehead atoms. The van der Waals surface area contributed by atoms with Crippen LogP contribution in [0.4, 0.5) is 13.2 Å². The molecule has 0 aromatic heterocycles. The van der Waals surface area contributed by atoms with Crippen molar-refractivity contribution in [1.82, 2.24) is 4.90 Å². The third-order valence-electron chi connectivity index (χ3n) is 5.16. The Morgan fingerprint density at radius 3 is 2.73 bits per heavy atom. The van der Waals surface area contributed by atoms with Crippen molar-refractivity contribution in [2.24, 2.45) is 11.7 Å². The average Bonchev–Trinajstić information content (AvgIpc) is 2.99. The molecule has 1 saturated carbocycles. The standard InChI is InChI=1S/C18H23F3N2O2.ClH/c19-18(20,21)14-5-1-4-13(9-14)16-11-23(7-8-25-16)17(24)10-12-3-2-6-15(12)22;/h1,4-5,9,12,15-16H,2-3,6-8,10-11,22H2;1H/t12-,15+,16?;/m0./s1. The lowest BCUT2D eigenvalue weighted by Crippen LogP contribution is -2.43. The topological polar surface area (TPSA) is 55.6 Å². The van der Waals surface area contributed by atoms with Gasteiger partial charge in [-0.05, 0) is 36.5 Å². The van der Waals surface area contributed by atoms with Crippen molar-refractivity contribution in [3.05, 3.63) is 35.4 Å². The summed E-state index contributed by atoms with van der Waals surface area (Å²) in [5.74, 6) is 0.227. The van der Waals surface area contributed by atoms with Crippen LogP contribution in [0.5, 0.6) is 0 Å². The van der Waals surface area contributed by atoms with Gasteiger partial charge in [-0.3, -0.25) is 4.79 Å². The van der Waals surface area contributed by atoms with E-state index in [1.807, 2.05) is 0 Å². The molecule has 4 nitrogen and oxygen atoms in total. The minimum atomic E-state index is -4.39. The van der Waals surface area contributed by atoms with E-state index in [0.717, 1.165) is 31.4 Å². The Bertz CT molecular complexity index is 627. The van der Waals surface area contributed by atoms with Gasteiger partial charge in [-0.25, -0.2) is 0 Å². The smallest absolute Gasteiger partial charge is 0.370 e. The second-order valence-electron chi connectivity index (χ2n) is 6.88. The van der Waals surface area contributed by atoms with Gasteiger partial charge in [0, 0.05) is 19.0 Å². The summed E-state index contributed by atoms with van der Waals surface area (Å²) in [6.45, 7) is 1.07. The van der Waals surface area contributed by atoms with E-state index in [1.165, 1.54) is 6.07 Å². The summed E-state index contributed by atoms with van der Waals surface area (Å²) >= 11 is 0. The van der Waals surface area contributed by atoms with Crippen LogP contribution in [0.1, 0.15) is 42.9 Å². The molecule has 1 aliphatic carbocycles. The number of carbonyl (C=O) groups excluding carboxylic acids is 1. The van der Waals surface area contributed by atoms with Crippen molar-refractivity contribution < 1.29 is 22.7 Å². The van der Waals surface area contributed by atoms with E-state index < -0.39 is 17.8 Å². The summed E-state index contributed by atoms with van der Waals surface area (Å²) in [5.41, 5.74) is 5.78. The van der Waals surface area contributed by atoms with Crippen LogP contribution in [0.25, 0.3) is 0 Å². The number of hydrogen-bond acceptors (Lipinski definition) is 3. The maximum Gasteiger partial charge on any atom is 0.416 e. The van der Waals surface area contributed by atoms with Crippen LogP contribution in [0.3, 0.4) is 0 Å². The molecule has 1 saturated heterocycles. The summed E-state index contributed by atoms with van der Waals surface area (Å²) in [5, 5.41) is 0. The van der Waals surface area contributed by atoms with Gasteiger partial charge in [-0.1, -0.05) is 18.6 Å². The molecule has 0 radical (unpaired) electrons. The number of carbonyl (C=O) groups is 1. The van der Waals surface area contributed by atoms with E-state index in [1.54, 1.807) is 11.0 Å². The number of ether oxygens (including phenoxy) is 1. The molecule has 2 aliphatic rings. The second-order valence-corrected chi connectivity index (χ2v) is 6.88. The number of benzene rings is 1. The number of rotatable bonds is 3. The van der Waals surface area contributed by atoms with E-state index in [0.29, 0.717) is 25.1 Å². The fourth-order valence-electron chi connectivity index (χ4n) is 3.67. The lowest BCUT2D eigenvalue weighted by molar-refractivity contribution is -0.141. The first-order valence-electron chi connectivity index (χ1n) is 8.66. The number of halogens is 4. The lowest BCUT2D eigenvalue weighted by Gasteiger charge is -2.34. The molecule has 8 heteroatoms. The largest absolute Gasteiger partial charge is 0.416 e. The third kappa shape index (κ3) is 4.90. The monoisotopic (exact) mass is 392 g/mol. The van der Waals surface area contributed by atoms with E-state index in [4.69, 9.17) is 10.5 Å². The van der Waals surface area contributed by atoms with Crippen molar-refractivity contribution in [2.75, 3.05) is 19.7 Å². The quantitative estimate of drug-likeness (QED) is 0.856. The van der Waals surface area contributed by atoms with Gasteiger partial charge in [0.2, 0.25) is 5.91 Å². The zero-order valence-corrected chi connectivity index (χ0v) is 15.2. The van der Waals surface area contributed by atoms with Crippen LogP contribution >= 0.6 is 12.4 Å². The van der Waals surface area contributed by atoms with Crippen LogP contribution in [-0.2, 0) is 15.7 Å². The molecule has 2 N–H and O–H groups in total. The fraction of sp³-hybridized carbons (Fsp3) is 0.611. The molecule has 1 aromatic rings. The highest BCUT2D eigenvalue weighted by Crippen LogP contribution is 2.33. The molecule has 1 aliphatic heterocycles. The molecule has 146 valence electrons. The minimum absolute atomic E-state index is 0. The first-order chi connectivity index (χ1) is 11.8. The molecular formula is C18H24ClF3N2O2. The molecule has 26 heavy (non-hydrogen) atoms. The number of nitrogens with zero attached hydrogens (tertiary/aromatic N) is 1. The molecule has 2 fully saturated rings. The highest BCUT2D eigenvalue weighted by atomic mass is 35.5. The SMILES string of the molecule is Cl.N[C@@H]1CCC[C@H]1CC(=O)N1CCOC(c2cccc(C(F)(F)F)c2)C1. The van der Waals surface area contributed by atoms with E-state index in [2.05, 4.69) is 0 Å². The average molecular weight is 393 g/mol. The highest BCUT2D eigenvalue weighted by molar-refractivity contribution is 5.85. The Morgan fingerprint density at radius 1 is 1.31 bits per heavy atom. The molecular weight excluding hydrogens is 369 g/mol. The first kappa shape index (κ1) is 21.0. The fourth-order valence-corrected chi connectivity index (χ4v) is 3.67. The molecule has 1 aromatic carbocycles. The van der Waals surface area contributed by atoms with Crippen LogP contribution < -0.4 is 5.73 Å². The Balaban J connectivity index is 0.00000243. The van der Waals surface area contributed by atoms with Gasteiger partial charge in [-0.2, -0.15) is 13.2 Å². The number of amides is 1. The lowest BCUT2D eigenvalue weighted by atomic mass is 9.98. The summed E-state index contributed by atoms with van der Waals surface area (Å²) in [7, 11) is 0. The van der Waals surface area contributed by atoms with Crippen molar-refractivity contribution in [2.45, 2.75) is 44.0 Å². The molecule has 3 rings (SSSR count). The molecule has 3 atom stereocenters. The van der Waals surface area contributed by atoms with Crippen molar-refractivity contribution in [3.8, 4) is 0 Å². The number of morpholine rings is 1. The number of hydrogen-bond donors (Lipinski definition) is 1. The maximum atomic E-state index is 12.9. The van der Waals surface area contributed by atoms with Crippen LogP contribution in [0.2, 0.25) is 0 Å². The van der Waals surface area contributed by atoms with Gasteiger partial charge in [0.15, 0.2) is 0 Å². The summed E-state index contributed by atoms with van der Waals surface area (Å²) in [4.78, 5) is 14.2. The summed E-state index contributed by atoms with van der Waals surface area (Å²) in [6, 6.07) is 5.20. The van der Waals surface area contributed by atoms with Gasteiger partial charge in [0.25, 0.3) is 0 Å². The van der Waals surface area contributed by atoms with Crippen LogP contribution in [0.15, 0.2) is 24.3 Å². The number of nitrogens with two attached hydrogens (primary N) is 1. The van der Waals surface area contributed by atoms with Crippen molar-refractivity contribution in [3.63, 3.8) is 0 Å². The van der Waals surface area contributed by atoms with Crippen molar-refractivity contribution in [1.29, 1.82) is 0 Å². The molecule has 0 spiro atoms. The maximum absolute atomic E-state index is 12.9. The summed E-state index contributed by atoms with van der Waals surface area (Å²) in [6.07, 6.45) is -1.54. The van der Waals surface area contributed by atoms with E-state index in [9.17, 15) is 18.0 Å². The second kappa shape index (κ2) is 8.59. The summed E-state index contributed by atoms with van der Waals surface area (Å²) < 4.78 is 44.3. The molecule has 1 amide bonds. The predicted molar refractivity (Wildman–Crippen MR) is 93.9 cm³/mol. The zero-order valence-electron chi connectivity index (χ0n) is 14.4. The Hall–Kier alpha value is -1.31. The van der Waals surface area contributed by atoms with Gasteiger partial charge in [0.05, 0.1) is 18.7 Å². The highest BCUT2D eigenvalue weighted by Gasteiger charge is 2.33. The van der Waals surface area contributed by atoms with E-state index in [-0.39, 0.29) is 36.8 Å². The zero-order chi connectivity index (χ0) is 18.0.